The lowest BCUT2D eigenvalue weighted by molar-refractivity contribution is 0.686. The molecule has 0 spiro atoms. The number of nitrogens with one attached hydrogen (secondary N) is 1. The van der Waals surface area contributed by atoms with Gasteiger partial charge in [-0.1, -0.05) is 41.4 Å². The number of hydrogen-bond donors (Lipinski definition) is 1. The summed E-state index contributed by atoms with van der Waals surface area (Å²) in [5.41, 5.74) is 3.77. The lowest BCUT2D eigenvalue weighted by Gasteiger charge is -2.06. The molecule has 1 heterocycles. The second kappa shape index (κ2) is 6.53. The third-order valence-electron chi connectivity index (χ3n) is 2.84. The average molecular weight is 261 g/mol. The summed E-state index contributed by atoms with van der Waals surface area (Å²) < 4.78 is 0. The van der Waals surface area contributed by atoms with E-state index in [4.69, 9.17) is 11.6 Å². The highest BCUT2D eigenvalue weighted by Crippen LogP contribution is 2.12. The Balaban J connectivity index is 1.78. The molecule has 1 aromatic carbocycles. The van der Waals surface area contributed by atoms with Crippen LogP contribution < -0.4 is 5.32 Å². The topological polar surface area (TPSA) is 24.9 Å². The largest absolute Gasteiger partial charge is 0.312 e. The molecule has 0 aliphatic heterocycles. The van der Waals surface area contributed by atoms with Gasteiger partial charge in [0, 0.05) is 18.9 Å². The number of benzene rings is 1. The molecule has 0 amide bonds. The van der Waals surface area contributed by atoms with E-state index in [-0.39, 0.29) is 0 Å². The summed E-state index contributed by atoms with van der Waals surface area (Å²) in [5.74, 6) is 0. The van der Waals surface area contributed by atoms with Crippen molar-refractivity contribution < 1.29 is 0 Å². The van der Waals surface area contributed by atoms with Gasteiger partial charge in [-0.3, -0.25) is 4.98 Å². The molecule has 0 aliphatic rings. The lowest BCUT2D eigenvalue weighted by atomic mass is 10.1. The minimum absolute atomic E-state index is 0.723. The SMILES string of the molecule is Cc1cccc(CCNCc2ccncc2Cl)c1. The van der Waals surface area contributed by atoms with Crippen LogP contribution in [0.4, 0.5) is 0 Å². The first-order valence-corrected chi connectivity index (χ1v) is 6.48. The summed E-state index contributed by atoms with van der Waals surface area (Å²) in [6.07, 6.45) is 4.48. The summed E-state index contributed by atoms with van der Waals surface area (Å²) in [5, 5.41) is 4.12. The van der Waals surface area contributed by atoms with E-state index >= 15 is 0 Å². The zero-order valence-corrected chi connectivity index (χ0v) is 11.2. The summed E-state index contributed by atoms with van der Waals surface area (Å²) in [6, 6.07) is 10.6. The van der Waals surface area contributed by atoms with E-state index < -0.39 is 0 Å². The molecule has 2 aromatic rings. The quantitative estimate of drug-likeness (QED) is 0.834. The van der Waals surface area contributed by atoms with Crippen LogP contribution in [-0.4, -0.2) is 11.5 Å². The van der Waals surface area contributed by atoms with Crippen LogP contribution in [0.3, 0.4) is 0 Å². The third kappa shape index (κ3) is 3.83. The van der Waals surface area contributed by atoms with E-state index in [0.717, 1.165) is 30.1 Å². The molecular formula is C15H17ClN2. The van der Waals surface area contributed by atoms with E-state index in [0.29, 0.717) is 0 Å². The molecule has 3 heteroatoms. The van der Waals surface area contributed by atoms with Crippen molar-refractivity contribution in [1.29, 1.82) is 0 Å². The fraction of sp³-hybridized carbons (Fsp3) is 0.267. The monoisotopic (exact) mass is 260 g/mol. The minimum Gasteiger partial charge on any atom is -0.312 e. The Bertz CT molecular complexity index is 511. The first kappa shape index (κ1) is 13.1. The number of pyridine rings is 1. The first-order valence-electron chi connectivity index (χ1n) is 6.10. The van der Waals surface area contributed by atoms with Crippen molar-refractivity contribution in [2.24, 2.45) is 0 Å². The maximum atomic E-state index is 6.04. The Morgan fingerprint density at radius 2 is 2.17 bits per heavy atom. The Hall–Kier alpha value is -1.38. The van der Waals surface area contributed by atoms with Gasteiger partial charge in [-0.15, -0.1) is 0 Å². The van der Waals surface area contributed by atoms with E-state index in [1.54, 1.807) is 12.4 Å². The highest BCUT2D eigenvalue weighted by Gasteiger charge is 1.99. The van der Waals surface area contributed by atoms with E-state index in [9.17, 15) is 0 Å². The zero-order chi connectivity index (χ0) is 12.8. The minimum atomic E-state index is 0.723. The van der Waals surface area contributed by atoms with Gasteiger partial charge in [0.25, 0.3) is 0 Å². The van der Waals surface area contributed by atoms with Crippen molar-refractivity contribution in [1.82, 2.24) is 10.3 Å². The molecule has 0 saturated carbocycles. The van der Waals surface area contributed by atoms with Crippen molar-refractivity contribution in [3.8, 4) is 0 Å². The Kier molecular flexibility index (Phi) is 4.73. The number of halogens is 1. The Morgan fingerprint density at radius 3 is 2.94 bits per heavy atom. The van der Waals surface area contributed by atoms with Crippen LogP contribution >= 0.6 is 11.6 Å². The van der Waals surface area contributed by atoms with E-state index in [2.05, 4.69) is 41.5 Å². The van der Waals surface area contributed by atoms with Crippen molar-refractivity contribution in [2.45, 2.75) is 19.9 Å². The van der Waals surface area contributed by atoms with Crippen LogP contribution in [0.5, 0.6) is 0 Å². The second-order valence-corrected chi connectivity index (χ2v) is 4.79. The van der Waals surface area contributed by atoms with Gasteiger partial charge in [0.2, 0.25) is 0 Å². The number of nitrogens with zero attached hydrogens (tertiary/aromatic N) is 1. The van der Waals surface area contributed by atoms with Crippen LogP contribution in [0.1, 0.15) is 16.7 Å². The predicted octanol–water partition coefficient (Wildman–Crippen LogP) is 3.38. The molecule has 94 valence electrons. The van der Waals surface area contributed by atoms with E-state index in [1.807, 2.05) is 6.07 Å². The van der Waals surface area contributed by atoms with Crippen LogP contribution in [0, 0.1) is 6.92 Å². The average Bonchev–Trinajstić information content (AvgIpc) is 2.37. The summed E-state index contributed by atoms with van der Waals surface area (Å²) in [4.78, 5) is 3.97. The summed E-state index contributed by atoms with van der Waals surface area (Å²) >= 11 is 6.04. The molecule has 0 radical (unpaired) electrons. The van der Waals surface area contributed by atoms with Crippen LogP contribution in [0.2, 0.25) is 5.02 Å². The summed E-state index contributed by atoms with van der Waals surface area (Å²) in [7, 11) is 0. The third-order valence-corrected chi connectivity index (χ3v) is 3.19. The Morgan fingerprint density at radius 1 is 1.28 bits per heavy atom. The van der Waals surface area contributed by atoms with Gasteiger partial charge in [-0.05, 0) is 37.1 Å². The molecule has 2 rings (SSSR count). The fourth-order valence-corrected chi connectivity index (χ4v) is 2.06. The van der Waals surface area contributed by atoms with Crippen molar-refractivity contribution >= 4 is 11.6 Å². The molecule has 1 N–H and O–H groups in total. The number of hydrogen-bond acceptors (Lipinski definition) is 2. The Labute approximate surface area is 113 Å². The van der Waals surface area contributed by atoms with Gasteiger partial charge in [-0.2, -0.15) is 0 Å². The molecule has 0 fully saturated rings. The van der Waals surface area contributed by atoms with Gasteiger partial charge in [0.1, 0.15) is 0 Å². The molecule has 1 aromatic heterocycles. The standard InChI is InChI=1S/C15H17ClN2/c1-12-3-2-4-13(9-12)5-7-17-10-14-6-8-18-11-15(14)16/h2-4,6,8-9,11,17H,5,7,10H2,1H3. The van der Waals surface area contributed by atoms with Crippen molar-refractivity contribution in [3.63, 3.8) is 0 Å². The number of aromatic nitrogens is 1. The molecule has 18 heavy (non-hydrogen) atoms. The molecule has 0 aliphatic carbocycles. The lowest BCUT2D eigenvalue weighted by Crippen LogP contribution is -2.17. The number of rotatable bonds is 5. The van der Waals surface area contributed by atoms with Gasteiger partial charge < -0.3 is 5.32 Å². The zero-order valence-electron chi connectivity index (χ0n) is 10.5. The highest BCUT2D eigenvalue weighted by molar-refractivity contribution is 6.31. The smallest absolute Gasteiger partial charge is 0.0634 e. The van der Waals surface area contributed by atoms with Gasteiger partial charge >= 0.3 is 0 Å². The molecule has 0 bridgehead atoms. The van der Waals surface area contributed by atoms with Gasteiger partial charge in [0.15, 0.2) is 0 Å². The predicted molar refractivity (Wildman–Crippen MR) is 75.8 cm³/mol. The number of aryl methyl sites for hydroxylation is 1. The molecule has 2 nitrogen and oxygen atoms in total. The van der Waals surface area contributed by atoms with Crippen LogP contribution in [0.15, 0.2) is 42.7 Å². The highest BCUT2D eigenvalue weighted by atomic mass is 35.5. The molecule has 0 atom stereocenters. The first-order chi connectivity index (χ1) is 8.75. The van der Waals surface area contributed by atoms with Gasteiger partial charge in [0.05, 0.1) is 5.02 Å². The summed E-state index contributed by atoms with van der Waals surface area (Å²) in [6.45, 7) is 3.85. The van der Waals surface area contributed by atoms with Gasteiger partial charge in [-0.25, -0.2) is 0 Å². The second-order valence-electron chi connectivity index (χ2n) is 4.38. The fourth-order valence-electron chi connectivity index (χ4n) is 1.87. The maximum Gasteiger partial charge on any atom is 0.0634 e. The van der Waals surface area contributed by atoms with Crippen LogP contribution in [0.25, 0.3) is 0 Å². The normalized spacial score (nSPS) is 10.6. The van der Waals surface area contributed by atoms with E-state index in [1.165, 1.54) is 11.1 Å². The molecular weight excluding hydrogens is 244 g/mol. The van der Waals surface area contributed by atoms with Crippen molar-refractivity contribution in [2.75, 3.05) is 6.54 Å². The maximum absolute atomic E-state index is 6.04. The van der Waals surface area contributed by atoms with Crippen LogP contribution in [-0.2, 0) is 13.0 Å². The van der Waals surface area contributed by atoms with Crippen molar-refractivity contribution in [3.05, 3.63) is 64.4 Å². The molecule has 0 unspecified atom stereocenters. The molecule has 0 saturated heterocycles.